The maximum absolute atomic E-state index is 12.1. The SMILES string of the molecule is CC(C)C(=O)N1CCC(NC(=O)c2ccc(Br)nc2)CC1. The third-order valence-electron chi connectivity index (χ3n) is 3.63. The van der Waals surface area contributed by atoms with Gasteiger partial charge in [0, 0.05) is 31.2 Å². The van der Waals surface area contributed by atoms with E-state index in [0.717, 1.165) is 12.8 Å². The summed E-state index contributed by atoms with van der Waals surface area (Å²) in [7, 11) is 0. The Bertz CT molecular complexity index is 508. The maximum atomic E-state index is 12.1. The van der Waals surface area contributed by atoms with E-state index in [2.05, 4.69) is 26.2 Å². The van der Waals surface area contributed by atoms with E-state index in [9.17, 15) is 9.59 Å². The Balaban J connectivity index is 1.84. The van der Waals surface area contributed by atoms with Crippen molar-refractivity contribution in [2.75, 3.05) is 13.1 Å². The molecule has 21 heavy (non-hydrogen) atoms. The van der Waals surface area contributed by atoms with E-state index in [1.807, 2.05) is 18.7 Å². The lowest BCUT2D eigenvalue weighted by Crippen LogP contribution is -2.47. The normalized spacial score (nSPS) is 16.1. The first-order valence-corrected chi connectivity index (χ1v) is 7.98. The average molecular weight is 354 g/mol. The summed E-state index contributed by atoms with van der Waals surface area (Å²) in [6, 6.07) is 3.61. The van der Waals surface area contributed by atoms with E-state index in [4.69, 9.17) is 0 Å². The third kappa shape index (κ3) is 4.27. The Morgan fingerprint density at radius 2 is 2.00 bits per heavy atom. The minimum absolute atomic E-state index is 0.0324. The van der Waals surface area contributed by atoms with Gasteiger partial charge in [-0.25, -0.2) is 4.98 Å². The number of carbonyl (C=O) groups excluding carboxylic acids is 2. The highest BCUT2D eigenvalue weighted by Crippen LogP contribution is 2.14. The Hall–Kier alpha value is -1.43. The molecule has 0 aliphatic carbocycles. The zero-order valence-corrected chi connectivity index (χ0v) is 13.9. The standard InChI is InChI=1S/C15H20BrN3O2/c1-10(2)15(21)19-7-5-12(6-8-19)18-14(20)11-3-4-13(16)17-9-11/h3-4,9-10,12H,5-8H2,1-2H3,(H,18,20). The molecule has 2 rings (SSSR count). The molecule has 1 aromatic rings. The van der Waals surface area contributed by atoms with Crippen LogP contribution in [0.5, 0.6) is 0 Å². The number of nitrogens with one attached hydrogen (secondary N) is 1. The van der Waals surface area contributed by atoms with Crippen LogP contribution in [0, 0.1) is 5.92 Å². The molecular formula is C15H20BrN3O2. The predicted octanol–water partition coefficient (Wildman–Crippen LogP) is 2.22. The molecule has 1 saturated heterocycles. The Kier molecular flexibility index (Phi) is 5.33. The second-order valence-electron chi connectivity index (χ2n) is 5.60. The van der Waals surface area contributed by atoms with Crippen molar-refractivity contribution in [2.24, 2.45) is 5.92 Å². The molecule has 0 aromatic carbocycles. The summed E-state index contributed by atoms with van der Waals surface area (Å²) in [6.07, 6.45) is 3.15. The lowest BCUT2D eigenvalue weighted by Gasteiger charge is -2.33. The maximum Gasteiger partial charge on any atom is 0.253 e. The van der Waals surface area contributed by atoms with E-state index in [0.29, 0.717) is 23.3 Å². The first-order valence-electron chi connectivity index (χ1n) is 7.18. The number of nitrogens with zero attached hydrogens (tertiary/aromatic N) is 2. The first kappa shape index (κ1) is 15.9. The van der Waals surface area contributed by atoms with Crippen molar-refractivity contribution in [3.05, 3.63) is 28.5 Å². The van der Waals surface area contributed by atoms with Crippen molar-refractivity contribution in [3.63, 3.8) is 0 Å². The Labute approximate surface area is 133 Å². The summed E-state index contributed by atoms with van der Waals surface area (Å²) >= 11 is 3.24. The van der Waals surface area contributed by atoms with Gasteiger partial charge in [0.25, 0.3) is 5.91 Å². The lowest BCUT2D eigenvalue weighted by atomic mass is 10.0. The lowest BCUT2D eigenvalue weighted by molar-refractivity contribution is -0.135. The highest BCUT2D eigenvalue weighted by Gasteiger charge is 2.25. The molecule has 2 amide bonds. The number of hydrogen-bond donors (Lipinski definition) is 1. The number of carbonyl (C=O) groups is 2. The largest absolute Gasteiger partial charge is 0.349 e. The van der Waals surface area contributed by atoms with E-state index in [1.54, 1.807) is 18.3 Å². The minimum Gasteiger partial charge on any atom is -0.349 e. The monoisotopic (exact) mass is 353 g/mol. The van der Waals surface area contributed by atoms with Gasteiger partial charge in [-0.2, -0.15) is 0 Å². The van der Waals surface area contributed by atoms with Gasteiger partial charge in [0.15, 0.2) is 0 Å². The Morgan fingerprint density at radius 3 is 2.52 bits per heavy atom. The number of piperidine rings is 1. The van der Waals surface area contributed by atoms with E-state index in [-0.39, 0.29) is 23.8 Å². The van der Waals surface area contributed by atoms with Crippen LogP contribution in [0.2, 0.25) is 0 Å². The van der Waals surface area contributed by atoms with Crippen LogP contribution in [0.25, 0.3) is 0 Å². The molecule has 0 bridgehead atoms. The predicted molar refractivity (Wildman–Crippen MR) is 83.8 cm³/mol. The van der Waals surface area contributed by atoms with Gasteiger partial charge in [0.1, 0.15) is 4.60 Å². The van der Waals surface area contributed by atoms with Crippen molar-refractivity contribution < 1.29 is 9.59 Å². The van der Waals surface area contributed by atoms with Gasteiger partial charge in [-0.1, -0.05) is 13.8 Å². The molecule has 0 saturated carbocycles. The summed E-state index contributed by atoms with van der Waals surface area (Å²) in [5.74, 6) is 0.116. The van der Waals surface area contributed by atoms with Crippen molar-refractivity contribution in [1.82, 2.24) is 15.2 Å². The molecule has 6 heteroatoms. The van der Waals surface area contributed by atoms with Gasteiger partial charge in [-0.15, -0.1) is 0 Å². The molecule has 114 valence electrons. The third-order valence-corrected chi connectivity index (χ3v) is 4.09. The van der Waals surface area contributed by atoms with Crippen LogP contribution < -0.4 is 5.32 Å². The average Bonchev–Trinajstić information content (AvgIpc) is 2.47. The summed E-state index contributed by atoms with van der Waals surface area (Å²) in [4.78, 5) is 29.9. The van der Waals surface area contributed by atoms with Crippen LogP contribution in [0.4, 0.5) is 0 Å². The smallest absolute Gasteiger partial charge is 0.253 e. The second kappa shape index (κ2) is 7.02. The highest BCUT2D eigenvalue weighted by molar-refractivity contribution is 9.10. The van der Waals surface area contributed by atoms with Crippen molar-refractivity contribution in [2.45, 2.75) is 32.7 Å². The van der Waals surface area contributed by atoms with Crippen molar-refractivity contribution in [3.8, 4) is 0 Å². The van der Waals surface area contributed by atoms with Crippen LogP contribution in [0.3, 0.4) is 0 Å². The molecule has 0 unspecified atom stereocenters. The summed E-state index contributed by atoms with van der Waals surface area (Å²) in [5.41, 5.74) is 0.555. The number of amides is 2. The van der Waals surface area contributed by atoms with E-state index < -0.39 is 0 Å². The van der Waals surface area contributed by atoms with Crippen LogP contribution in [-0.4, -0.2) is 40.8 Å². The van der Waals surface area contributed by atoms with E-state index >= 15 is 0 Å². The van der Waals surface area contributed by atoms with Crippen LogP contribution in [-0.2, 0) is 4.79 Å². The van der Waals surface area contributed by atoms with Crippen molar-refractivity contribution >= 4 is 27.7 Å². The number of rotatable bonds is 3. The molecule has 1 fully saturated rings. The molecule has 1 aromatic heterocycles. The molecule has 2 heterocycles. The second-order valence-corrected chi connectivity index (χ2v) is 6.41. The van der Waals surface area contributed by atoms with Gasteiger partial charge >= 0.3 is 0 Å². The number of aromatic nitrogens is 1. The van der Waals surface area contributed by atoms with E-state index in [1.165, 1.54) is 0 Å². The van der Waals surface area contributed by atoms with Crippen LogP contribution >= 0.6 is 15.9 Å². The molecule has 0 radical (unpaired) electrons. The molecular weight excluding hydrogens is 334 g/mol. The first-order chi connectivity index (χ1) is 9.97. The molecule has 1 aliphatic rings. The van der Waals surface area contributed by atoms with Gasteiger partial charge in [-0.05, 0) is 40.9 Å². The number of hydrogen-bond acceptors (Lipinski definition) is 3. The molecule has 1 N–H and O–H groups in total. The molecule has 0 spiro atoms. The summed E-state index contributed by atoms with van der Waals surface area (Å²) in [5, 5.41) is 3.01. The van der Waals surface area contributed by atoms with Crippen LogP contribution in [0.15, 0.2) is 22.9 Å². The Morgan fingerprint density at radius 1 is 1.33 bits per heavy atom. The number of likely N-dealkylation sites (tertiary alicyclic amines) is 1. The van der Waals surface area contributed by atoms with Crippen molar-refractivity contribution in [1.29, 1.82) is 0 Å². The topological polar surface area (TPSA) is 62.3 Å². The molecule has 0 atom stereocenters. The van der Waals surface area contributed by atoms with Gasteiger partial charge in [0.2, 0.25) is 5.91 Å². The minimum atomic E-state index is -0.108. The van der Waals surface area contributed by atoms with Gasteiger partial charge < -0.3 is 10.2 Å². The van der Waals surface area contributed by atoms with Gasteiger partial charge in [-0.3, -0.25) is 9.59 Å². The molecule has 1 aliphatic heterocycles. The fourth-order valence-electron chi connectivity index (χ4n) is 2.39. The number of halogens is 1. The zero-order valence-electron chi connectivity index (χ0n) is 12.3. The summed E-state index contributed by atoms with van der Waals surface area (Å²) < 4.78 is 0.708. The quantitative estimate of drug-likeness (QED) is 0.847. The molecule has 5 nitrogen and oxygen atoms in total. The fraction of sp³-hybridized carbons (Fsp3) is 0.533. The van der Waals surface area contributed by atoms with Gasteiger partial charge in [0.05, 0.1) is 5.56 Å². The highest BCUT2D eigenvalue weighted by atomic mass is 79.9. The summed E-state index contributed by atoms with van der Waals surface area (Å²) in [6.45, 7) is 5.24. The van der Waals surface area contributed by atoms with Crippen LogP contribution in [0.1, 0.15) is 37.0 Å². The fourth-order valence-corrected chi connectivity index (χ4v) is 2.62. The number of pyridine rings is 1. The zero-order chi connectivity index (χ0) is 15.4.